The summed E-state index contributed by atoms with van der Waals surface area (Å²) in [5.41, 5.74) is 2.78. The molecular formula is C15H20Cl2N2O2. The zero-order valence-corrected chi connectivity index (χ0v) is 13.5. The molecular weight excluding hydrogens is 311 g/mol. The number of aromatic hydroxyl groups is 1. The smallest absolute Gasteiger partial charge is 0.240 e. The Kier molecular flexibility index (Phi) is 8.16. The van der Waals surface area contributed by atoms with E-state index in [0.29, 0.717) is 17.0 Å². The molecule has 116 valence electrons. The third-order valence-electron chi connectivity index (χ3n) is 2.96. The van der Waals surface area contributed by atoms with Gasteiger partial charge >= 0.3 is 0 Å². The van der Waals surface area contributed by atoms with Crippen molar-refractivity contribution >= 4 is 35.3 Å². The predicted octanol–water partition coefficient (Wildman–Crippen LogP) is 4.51. The molecule has 0 heterocycles. The number of carbonyl (C=O) groups excluding carboxylic acids is 1. The number of hydrazone groups is 1. The lowest BCUT2D eigenvalue weighted by Crippen LogP contribution is -2.16. The molecule has 0 aliphatic rings. The second-order valence-corrected chi connectivity index (χ2v) is 5.63. The summed E-state index contributed by atoms with van der Waals surface area (Å²) in [7, 11) is 0. The number of hydrogen-bond donors (Lipinski definition) is 2. The van der Waals surface area contributed by atoms with E-state index in [1.165, 1.54) is 31.2 Å². The van der Waals surface area contributed by atoms with Gasteiger partial charge in [0.05, 0.1) is 11.2 Å². The Hall–Kier alpha value is -1.26. The third-order valence-corrected chi connectivity index (χ3v) is 3.46. The zero-order chi connectivity index (χ0) is 15.7. The van der Waals surface area contributed by atoms with Crippen molar-refractivity contribution < 1.29 is 9.90 Å². The SMILES string of the molecule is CCCCCCCC(=O)NN=Cc1cc(Cl)cc(Cl)c1O. The number of nitrogens with zero attached hydrogens (tertiary/aromatic N) is 1. The molecule has 0 aromatic heterocycles. The molecule has 0 saturated carbocycles. The van der Waals surface area contributed by atoms with Crippen LogP contribution in [0.5, 0.6) is 5.75 Å². The summed E-state index contributed by atoms with van der Waals surface area (Å²) >= 11 is 11.6. The van der Waals surface area contributed by atoms with Crippen molar-refractivity contribution in [3.05, 3.63) is 27.7 Å². The molecule has 0 atom stereocenters. The molecule has 21 heavy (non-hydrogen) atoms. The van der Waals surface area contributed by atoms with E-state index in [-0.39, 0.29) is 16.7 Å². The number of unbranched alkanes of at least 4 members (excludes halogenated alkanes) is 4. The minimum atomic E-state index is -0.143. The molecule has 6 heteroatoms. The molecule has 4 nitrogen and oxygen atoms in total. The van der Waals surface area contributed by atoms with Gasteiger partial charge in [0.15, 0.2) is 0 Å². The van der Waals surface area contributed by atoms with Gasteiger partial charge in [0.25, 0.3) is 0 Å². The molecule has 0 radical (unpaired) electrons. The number of nitrogens with one attached hydrogen (secondary N) is 1. The van der Waals surface area contributed by atoms with Gasteiger partial charge in [-0.3, -0.25) is 4.79 Å². The van der Waals surface area contributed by atoms with Crippen LogP contribution in [0.15, 0.2) is 17.2 Å². The van der Waals surface area contributed by atoms with Crippen molar-refractivity contribution in [2.45, 2.75) is 45.4 Å². The molecule has 0 fully saturated rings. The molecule has 2 N–H and O–H groups in total. The van der Waals surface area contributed by atoms with E-state index in [1.54, 1.807) is 0 Å². The second kappa shape index (κ2) is 9.64. The van der Waals surface area contributed by atoms with Crippen LogP contribution >= 0.6 is 23.2 Å². The van der Waals surface area contributed by atoms with E-state index >= 15 is 0 Å². The molecule has 0 bridgehead atoms. The summed E-state index contributed by atoms with van der Waals surface area (Å²) in [6, 6.07) is 2.95. The molecule has 0 aliphatic heterocycles. The molecule has 0 unspecified atom stereocenters. The highest BCUT2D eigenvalue weighted by Gasteiger charge is 2.06. The van der Waals surface area contributed by atoms with E-state index in [2.05, 4.69) is 17.5 Å². The Balaban J connectivity index is 2.39. The maximum atomic E-state index is 11.5. The van der Waals surface area contributed by atoms with Crippen LogP contribution in [0.1, 0.15) is 51.0 Å². The highest BCUT2D eigenvalue weighted by atomic mass is 35.5. The van der Waals surface area contributed by atoms with Crippen molar-refractivity contribution in [1.29, 1.82) is 0 Å². The minimum Gasteiger partial charge on any atom is -0.506 e. The first-order valence-corrected chi connectivity index (χ1v) is 7.80. The largest absolute Gasteiger partial charge is 0.506 e. The summed E-state index contributed by atoms with van der Waals surface area (Å²) in [5.74, 6) is -0.256. The first-order chi connectivity index (χ1) is 10.0. The third kappa shape index (κ3) is 6.82. The highest BCUT2D eigenvalue weighted by Crippen LogP contribution is 2.29. The van der Waals surface area contributed by atoms with Gasteiger partial charge < -0.3 is 5.11 Å². The molecule has 1 amide bonds. The van der Waals surface area contributed by atoms with Crippen molar-refractivity contribution in [2.75, 3.05) is 0 Å². The standard InChI is InChI=1S/C15H20Cl2N2O2/c1-2-3-4-5-6-7-14(20)19-18-10-11-8-12(16)9-13(17)15(11)21/h8-10,21H,2-7H2,1H3,(H,19,20). The predicted molar refractivity (Wildman–Crippen MR) is 87.2 cm³/mol. The Bertz CT molecular complexity index is 505. The lowest BCUT2D eigenvalue weighted by atomic mass is 10.1. The van der Waals surface area contributed by atoms with Crippen LogP contribution in [-0.2, 0) is 4.79 Å². The first kappa shape index (κ1) is 17.8. The first-order valence-electron chi connectivity index (χ1n) is 7.04. The Morgan fingerprint density at radius 3 is 2.71 bits per heavy atom. The Morgan fingerprint density at radius 1 is 1.29 bits per heavy atom. The van der Waals surface area contributed by atoms with Gasteiger partial charge in [-0.1, -0.05) is 55.8 Å². The van der Waals surface area contributed by atoms with Gasteiger partial charge in [0, 0.05) is 17.0 Å². The highest BCUT2D eigenvalue weighted by molar-refractivity contribution is 6.36. The van der Waals surface area contributed by atoms with Gasteiger partial charge in [-0.15, -0.1) is 0 Å². The fourth-order valence-corrected chi connectivity index (χ4v) is 2.31. The Labute approximate surface area is 135 Å². The minimum absolute atomic E-state index is 0.112. The van der Waals surface area contributed by atoms with Crippen LogP contribution in [0.25, 0.3) is 0 Å². The average Bonchev–Trinajstić information content (AvgIpc) is 2.43. The normalized spacial score (nSPS) is 11.0. The number of phenolic OH excluding ortho intramolecular Hbond substituents is 1. The van der Waals surface area contributed by atoms with Gasteiger partial charge in [0.1, 0.15) is 5.75 Å². The Morgan fingerprint density at radius 2 is 2.00 bits per heavy atom. The molecule has 0 saturated heterocycles. The van der Waals surface area contributed by atoms with Crippen molar-refractivity contribution in [3.8, 4) is 5.75 Å². The van der Waals surface area contributed by atoms with Crippen LogP contribution in [0, 0.1) is 0 Å². The zero-order valence-electron chi connectivity index (χ0n) is 12.0. The fourth-order valence-electron chi connectivity index (χ4n) is 1.80. The summed E-state index contributed by atoms with van der Waals surface area (Å²) in [6.07, 6.45) is 7.22. The average molecular weight is 331 g/mol. The van der Waals surface area contributed by atoms with E-state index in [4.69, 9.17) is 23.2 Å². The summed E-state index contributed by atoms with van der Waals surface area (Å²) < 4.78 is 0. The van der Waals surface area contributed by atoms with Crippen LogP contribution in [0.4, 0.5) is 0 Å². The number of phenols is 1. The van der Waals surface area contributed by atoms with Gasteiger partial charge in [-0.25, -0.2) is 5.43 Å². The topological polar surface area (TPSA) is 61.7 Å². The number of halogens is 2. The number of hydrogen-bond acceptors (Lipinski definition) is 3. The van der Waals surface area contributed by atoms with Crippen LogP contribution in [0.2, 0.25) is 10.0 Å². The summed E-state index contributed by atoms with van der Waals surface area (Å²) in [5, 5.41) is 14.0. The number of benzene rings is 1. The lowest BCUT2D eigenvalue weighted by molar-refractivity contribution is -0.121. The monoisotopic (exact) mass is 330 g/mol. The molecule has 0 aliphatic carbocycles. The summed E-state index contributed by atoms with van der Waals surface area (Å²) in [6.45, 7) is 2.15. The number of carbonyl (C=O) groups is 1. The van der Waals surface area contributed by atoms with Crippen LogP contribution in [0.3, 0.4) is 0 Å². The molecule has 1 aromatic rings. The molecule has 1 aromatic carbocycles. The van der Waals surface area contributed by atoms with Gasteiger partial charge in [-0.05, 0) is 18.6 Å². The van der Waals surface area contributed by atoms with Gasteiger partial charge in [0.2, 0.25) is 5.91 Å². The van der Waals surface area contributed by atoms with Crippen molar-refractivity contribution in [1.82, 2.24) is 5.43 Å². The quantitative estimate of drug-likeness (QED) is 0.418. The van der Waals surface area contributed by atoms with Crippen molar-refractivity contribution in [2.24, 2.45) is 5.10 Å². The van der Waals surface area contributed by atoms with Crippen LogP contribution in [-0.4, -0.2) is 17.2 Å². The maximum absolute atomic E-state index is 11.5. The van der Waals surface area contributed by atoms with E-state index in [1.807, 2.05) is 0 Å². The van der Waals surface area contributed by atoms with Crippen LogP contribution < -0.4 is 5.43 Å². The van der Waals surface area contributed by atoms with E-state index in [9.17, 15) is 9.90 Å². The van der Waals surface area contributed by atoms with E-state index < -0.39 is 0 Å². The van der Waals surface area contributed by atoms with E-state index in [0.717, 1.165) is 19.3 Å². The fraction of sp³-hybridized carbons (Fsp3) is 0.467. The number of rotatable bonds is 8. The maximum Gasteiger partial charge on any atom is 0.240 e. The van der Waals surface area contributed by atoms with Crippen molar-refractivity contribution in [3.63, 3.8) is 0 Å². The lowest BCUT2D eigenvalue weighted by Gasteiger charge is -2.03. The molecule has 1 rings (SSSR count). The van der Waals surface area contributed by atoms with Gasteiger partial charge in [-0.2, -0.15) is 5.10 Å². The molecule has 0 spiro atoms. The number of amides is 1. The summed E-state index contributed by atoms with van der Waals surface area (Å²) in [4.78, 5) is 11.5. The second-order valence-electron chi connectivity index (χ2n) is 4.78.